The Morgan fingerprint density at radius 3 is 2.67 bits per heavy atom. The Kier molecular flexibility index (Phi) is 8.04. The van der Waals surface area contributed by atoms with Crippen molar-refractivity contribution in [1.82, 2.24) is 9.66 Å². The van der Waals surface area contributed by atoms with Gasteiger partial charge in [0.2, 0.25) is 5.82 Å². The minimum absolute atomic E-state index is 0.220. The molecule has 11 heteroatoms. The van der Waals surface area contributed by atoms with Crippen LogP contribution in [0, 0.1) is 0 Å². The molecule has 0 fully saturated rings. The number of esters is 1. The van der Waals surface area contributed by atoms with E-state index in [4.69, 9.17) is 23.6 Å². The third kappa shape index (κ3) is 5.80. The molecule has 0 amide bonds. The van der Waals surface area contributed by atoms with Gasteiger partial charge in [-0.1, -0.05) is 44.0 Å². The maximum absolute atomic E-state index is 13.6. The number of para-hydroxylation sites is 1. The van der Waals surface area contributed by atoms with Gasteiger partial charge in [-0.15, -0.1) is 0 Å². The molecule has 0 saturated carbocycles. The van der Waals surface area contributed by atoms with Crippen molar-refractivity contribution < 1.29 is 23.4 Å². The summed E-state index contributed by atoms with van der Waals surface area (Å²) in [6.07, 6.45) is 1.16. The lowest BCUT2D eigenvalue weighted by Crippen LogP contribution is -2.20. The van der Waals surface area contributed by atoms with Crippen molar-refractivity contribution in [3.8, 4) is 23.1 Å². The van der Waals surface area contributed by atoms with Crippen molar-refractivity contribution in [3.63, 3.8) is 0 Å². The first kappa shape index (κ1) is 27.6. The molecule has 204 valence electrons. The van der Waals surface area contributed by atoms with E-state index >= 15 is 0 Å². The van der Waals surface area contributed by atoms with Gasteiger partial charge in [-0.05, 0) is 62.4 Å². The third-order valence-electron chi connectivity index (χ3n) is 5.73. The van der Waals surface area contributed by atoms with Gasteiger partial charge in [-0.2, -0.15) is 9.78 Å². The molecule has 0 aliphatic heterocycles. The van der Waals surface area contributed by atoms with E-state index in [1.807, 2.05) is 24.3 Å². The summed E-state index contributed by atoms with van der Waals surface area (Å²) in [6.45, 7) is 3.17. The highest BCUT2D eigenvalue weighted by Crippen LogP contribution is 2.34. The van der Waals surface area contributed by atoms with Gasteiger partial charge in [0.05, 0.1) is 30.3 Å². The third-order valence-corrected chi connectivity index (χ3v) is 6.69. The molecule has 0 radical (unpaired) electrons. The average Bonchev–Trinajstić information content (AvgIpc) is 3.34. The van der Waals surface area contributed by atoms with E-state index in [2.05, 4.69) is 37.0 Å². The number of nitrogens with zero attached hydrogens (tertiary/aromatic N) is 3. The molecule has 0 spiro atoms. The topological polar surface area (TPSA) is 105 Å². The molecular weight excluding hydrogens is 646 g/mol. The van der Waals surface area contributed by atoms with Crippen LogP contribution in [0.2, 0.25) is 0 Å². The fourth-order valence-corrected chi connectivity index (χ4v) is 4.89. The van der Waals surface area contributed by atoms with Crippen LogP contribution in [0.15, 0.2) is 83.9 Å². The van der Waals surface area contributed by atoms with Crippen LogP contribution in [0.4, 0.5) is 0 Å². The summed E-state index contributed by atoms with van der Waals surface area (Å²) in [6, 6.07) is 17.9. The number of halogens is 2. The fraction of sp³-hybridized carbons (Fsp3) is 0.172. The second-order valence-corrected chi connectivity index (χ2v) is 10.8. The molecule has 0 aliphatic rings. The molecule has 0 aliphatic carbocycles. The molecule has 3 aromatic carbocycles. The molecule has 0 N–H and O–H groups in total. The molecule has 5 aromatic rings. The summed E-state index contributed by atoms with van der Waals surface area (Å²) in [7, 11) is 1.48. The predicted molar refractivity (Wildman–Crippen MR) is 159 cm³/mol. The molecule has 0 bridgehead atoms. The first-order chi connectivity index (χ1) is 19.2. The van der Waals surface area contributed by atoms with E-state index < -0.39 is 5.97 Å². The van der Waals surface area contributed by atoms with Gasteiger partial charge >= 0.3 is 5.97 Å². The highest BCUT2D eigenvalue weighted by atomic mass is 79.9. The molecule has 2 aromatic heterocycles. The Bertz CT molecular complexity index is 1830. The minimum Gasteiger partial charge on any atom is -0.493 e. The van der Waals surface area contributed by atoms with Crippen LogP contribution < -0.4 is 15.0 Å². The average molecular weight is 669 g/mol. The van der Waals surface area contributed by atoms with Crippen LogP contribution in [0.5, 0.6) is 11.5 Å². The van der Waals surface area contributed by atoms with Crippen molar-refractivity contribution in [2.45, 2.75) is 20.0 Å². The smallest absolute Gasteiger partial charge is 0.344 e. The van der Waals surface area contributed by atoms with Crippen molar-refractivity contribution in [2.24, 2.45) is 5.10 Å². The van der Waals surface area contributed by atoms with E-state index in [0.29, 0.717) is 38.0 Å². The van der Waals surface area contributed by atoms with Gasteiger partial charge in [0.1, 0.15) is 5.58 Å². The molecule has 0 saturated heterocycles. The van der Waals surface area contributed by atoms with Crippen LogP contribution in [-0.2, 0) is 9.53 Å². The largest absolute Gasteiger partial charge is 0.493 e. The van der Waals surface area contributed by atoms with Crippen LogP contribution in [0.1, 0.15) is 19.4 Å². The normalized spacial score (nSPS) is 11.6. The summed E-state index contributed by atoms with van der Waals surface area (Å²) in [5.74, 6) is 0.675. The van der Waals surface area contributed by atoms with Crippen molar-refractivity contribution in [1.29, 1.82) is 0 Å². The number of benzene rings is 3. The monoisotopic (exact) mass is 667 g/mol. The predicted octanol–water partition coefficient (Wildman–Crippen LogP) is 6.56. The van der Waals surface area contributed by atoms with E-state index in [1.54, 1.807) is 50.2 Å². The molecule has 40 heavy (non-hydrogen) atoms. The van der Waals surface area contributed by atoms with E-state index in [9.17, 15) is 9.59 Å². The number of methoxy groups -OCH3 is 1. The van der Waals surface area contributed by atoms with Gasteiger partial charge in [0, 0.05) is 19.9 Å². The quantitative estimate of drug-likeness (QED) is 0.136. The van der Waals surface area contributed by atoms with Gasteiger partial charge < -0.3 is 18.6 Å². The lowest BCUT2D eigenvalue weighted by molar-refractivity contribution is -0.149. The first-order valence-corrected chi connectivity index (χ1v) is 13.8. The number of fused-ring (bicyclic) bond motifs is 2. The van der Waals surface area contributed by atoms with Gasteiger partial charge in [-0.25, -0.2) is 9.78 Å². The van der Waals surface area contributed by atoms with Gasteiger partial charge in [0.25, 0.3) is 5.56 Å². The SMILES string of the molecule is COc1cc(Br)cc(C=Nn2c(-c3cc4cc(Br)ccc4o3)nc3ccccc3c2=O)c1OCC(=O)OC(C)C. The number of rotatable bonds is 8. The second-order valence-electron chi connectivity index (χ2n) is 8.96. The first-order valence-electron chi connectivity index (χ1n) is 12.2. The number of furan rings is 1. The van der Waals surface area contributed by atoms with Crippen LogP contribution in [0.25, 0.3) is 33.5 Å². The number of carbonyl (C=O) groups is 1. The Balaban J connectivity index is 1.63. The molecule has 5 rings (SSSR count). The highest BCUT2D eigenvalue weighted by Gasteiger charge is 2.18. The standard InChI is InChI=1S/C29H23Br2N3O6/c1-16(2)39-26(35)15-38-27-18(11-20(31)13-24(27)37-3)14-32-34-28(33-22-7-5-4-6-21(22)29(34)36)25-12-17-10-19(30)8-9-23(17)40-25/h4-14,16H,15H2,1-3H3. The van der Waals surface area contributed by atoms with Gasteiger partial charge in [0.15, 0.2) is 23.9 Å². The number of ether oxygens (including phenoxy) is 3. The van der Waals surface area contributed by atoms with Crippen LogP contribution >= 0.6 is 31.9 Å². The zero-order valence-corrected chi connectivity index (χ0v) is 24.9. The van der Waals surface area contributed by atoms with Crippen LogP contribution in [-0.4, -0.2) is 41.7 Å². The minimum atomic E-state index is -0.531. The Morgan fingerprint density at radius 1 is 1.10 bits per heavy atom. The highest BCUT2D eigenvalue weighted by molar-refractivity contribution is 9.10. The van der Waals surface area contributed by atoms with E-state index in [1.165, 1.54) is 18.0 Å². The fourth-order valence-electron chi connectivity index (χ4n) is 4.05. The van der Waals surface area contributed by atoms with Crippen molar-refractivity contribution in [2.75, 3.05) is 13.7 Å². The second kappa shape index (κ2) is 11.6. The summed E-state index contributed by atoms with van der Waals surface area (Å²) in [5.41, 5.74) is 1.20. The maximum atomic E-state index is 13.6. The Labute approximate surface area is 245 Å². The Morgan fingerprint density at radius 2 is 1.90 bits per heavy atom. The summed E-state index contributed by atoms with van der Waals surface area (Å²) >= 11 is 6.94. The number of aromatic nitrogens is 2. The maximum Gasteiger partial charge on any atom is 0.344 e. The summed E-state index contributed by atoms with van der Waals surface area (Å²) < 4.78 is 25.3. The Hall–Kier alpha value is -3.96. The summed E-state index contributed by atoms with van der Waals surface area (Å²) in [5, 5.41) is 5.74. The molecule has 0 atom stereocenters. The molecular formula is C29H23Br2N3O6. The van der Waals surface area contributed by atoms with Crippen LogP contribution in [0.3, 0.4) is 0 Å². The number of carbonyl (C=O) groups excluding carboxylic acids is 1. The van der Waals surface area contributed by atoms with Crippen molar-refractivity contribution in [3.05, 3.63) is 85.5 Å². The molecule has 9 nitrogen and oxygen atoms in total. The molecule has 0 unspecified atom stereocenters. The number of hydrogen-bond acceptors (Lipinski definition) is 8. The summed E-state index contributed by atoms with van der Waals surface area (Å²) in [4.78, 5) is 30.5. The lowest BCUT2D eigenvalue weighted by Gasteiger charge is -2.14. The number of hydrogen-bond donors (Lipinski definition) is 0. The lowest BCUT2D eigenvalue weighted by atomic mass is 10.2. The van der Waals surface area contributed by atoms with Crippen molar-refractivity contribution >= 4 is 65.9 Å². The zero-order chi connectivity index (χ0) is 28.4. The van der Waals surface area contributed by atoms with Gasteiger partial charge in [-0.3, -0.25) is 4.79 Å². The molecule has 2 heterocycles. The van der Waals surface area contributed by atoms with E-state index in [-0.39, 0.29) is 29.8 Å². The van der Waals surface area contributed by atoms with E-state index in [0.717, 1.165) is 9.86 Å². The zero-order valence-electron chi connectivity index (χ0n) is 21.7.